The SMILES string of the molecule is CCNC(C1CCC(C)C(C)C1)C1CCCC1(C)C. The molecule has 2 fully saturated rings. The molecule has 0 amide bonds. The third-order valence-corrected chi connectivity index (χ3v) is 6.36. The molecule has 0 aliphatic heterocycles. The molecule has 2 aliphatic carbocycles. The van der Waals surface area contributed by atoms with Crippen molar-refractivity contribution in [3.63, 3.8) is 0 Å². The minimum atomic E-state index is 0.555. The van der Waals surface area contributed by atoms with Crippen LogP contribution in [0.3, 0.4) is 0 Å². The molecule has 2 rings (SSSR count). The Morgan fingerprint density at radius 1 is 1.11 bits per heavy atom. The van der Waals surface area contributed by atoms with E-state index in [0.717, 1.165) is 36.3 Å². The molecule has 0 aromatic carbocycles. The van der Waals surface area contributed by atoms with Gasteiger partial charge in [0.1, 0.15) is 0 Å². The number of nitrogens with one attached hydrogen (secondary N) is 1. The van der Waals surface area contributed by atoms with Crippen molar-refractivity contribution in [2.24, 2.45) is 29.1 Å². The van der Waals surface area contributed by atoms with Crippen LogP contribution in [0.4, 0.5) is 0 Å². The quantitative estimate of drug-likeness (QED) is 0.765. The van der Waals surface area contributed by atoms with Crippen molar-refractivity contribution in [2.45, 2.75) is 79.2 Å². The molecule has 5 unspecified atom stereocenters. The summed E-state index contributed by atoms with van der Waals surface area (Å²) < 4.78 is 0. The highest BCUT2D eigenvalue weighted by atomic mass is 14.9. The van der Waals surface area contributed by atoms with Crippen molar-refractivity contribution in [2.75, 3.05) is 6.54 Å². The first-order chi connectivity index (χ1) is 8.95. The lowest BCUT2D eigenvalue weighted by Gasteiger charge is -2.43. The summed E-state index contributed by atoms with van der Waals surface area (Å²) in [5.41, 5.74) is 0.555. The van der Waals surface area contributed by atoms with Gasteiger partial charge in [0.05, 0.1) is 0 Å². The Hall–Kier alpha value is -0.0400. The Kier molecular flexibility index (Phi) is 4.98. The first-order valence-corrected chi connectivity index (χ1v) is 8.69. The van der Waals surface area contributed by atoms with Gasteiger partial charge in [0.2, 0.25) is 0 Å². The third-order valence-electron chi connectivity index (χ3n) is 6.36. The van der Waals surface area contributed by atoms with Gasteiger partial charge in [-0.3, -0.25) is 0 Å². The van der Waals surface area contributed by atoms with Crippen molar-refractivity contribution in [1.82, 2.24) is 5.32 Å². The first-order valence-electron chi connectivity index (χ1n) is 8.69. The second kappa shape index (κ2) is 6.16. The van der Waals surface area contributed by atoms with Crippen LogP contribution in [0.1, 0.15) is 73.1 Å². The monoisotopic (exact) mass is 265 g/mol. The minimum absolute atomic E-state index is 0.555. The second-order valence-electron chi connectivity index (χ2n) is 8.10. The summed E-state index contributed by atoms with van der Waals surface area (Å²) in [5.74, 6) is 3.69. The van der Waals surface area contributed by atoms with E-state index in [0.29, 0.717) is 5.41 Å². The molecule has 1 nitrogen and oxygen atoms in total. The van der Waals surface area contributed by atoms with Crippen molar-refractivity contribution >= 4 is 0 Å². The maximum atomic E-state index is 3.89. The van der Waals surface area contributed by atoms with Gasteiger partial charge in [-0.1, -0.05) is 47.5 Å². The minimum Gasteiger partial charge on any atom is -0.314 e. The van der Waals surface area contributed by atoms with E-state index in [-0.39, 0.29) is 0 Å². The summed E-state index contributed by atoms with van der Waals surface area (Å²) in [6.45, 7) is 13.3. The van der Waals surface area contributed by atoms with Crippen LogP contribution in [0.25, 0.3) is 0 Å². The predicted molar refractivity (Wildman–Crippen MR) is 84.3 cm³/mol. The summed E-state index contributed by atoms with van der Waals surface area (Å²) in [4.78, 5) is 0. The molecule has 0 radical (unpaired) electrons. The Balaban J connectivity index is 2.07. The van der Waals surface area contributed by atoms with Crippen molar-refractivity contribution in [1.29, 1.82) is 0 Å². The van der Waals surface area contributed by atoms with E-state index < -0.39 is 0 Å². The Labute approximate surface area is 120 Å². The van der Waals surface area contributed by atoms with Crippen molar-refractivity contribution in [3.05, 3.63) is 0 Å². The first kappa shape index (κ1) is 15.4. The zero-order valence-corrected chi connectivity index (χ0v) is 13.8. The Bertz CT molecular complexity index is 283. The van der Waals surface area contributed by atoms with E-state index in [9.17, 15) is 0 Å². The summed E-state index contributed by atoms with van der Waals surface area (Å²) in [5, 5.41) is 3.89. The average molecular weight is 265 g/mol. The molecule has 0 aromatic rings. The number of rotatable bonds is 4. The van der Waals surface area contributed by atoms with Crippen LogP contribution in [0, 0.1) is 29.1 Å². The maximum absolute atomic E-state index is 3.89. The lowest BCUT2D eigenvalue weighted by molar-refractivity contribution is 0.100. The van der Waals surface area contributed by atoms with E-state index in [1.165, 1.54) is 38.5 Å². The molecule has 0 aromatic heterocycles. The Morgan fingerprint density at radius 2 is 1.84 bits per heavy atom. The third kappa shape index (κ3) is 3.35. The van der Waals surface area contributed by atoms with Crippen LogP contribution in [0.2, 0.25) is 0 Å². The fourth-order valence-electron chi connectivity index (χ4n) is 4.81. The summed E-state index contributed by atoms with van der Waals surface area (Å²) in [6, 6.07) is 0.775. The molecule has 0 saturated heterocycles. The number of hydrogen-bond acceptors (Lipinski definition) is 1. The fourth-order valence-corrected chi connectivity index (χ4v) is 4.81. The molecule has 1 heteroatoms. The van der Waals surface area contributed by atoms with Gasteiger partial charge in [0.15, 0.2) is 0 Å². The molecule has 1 N–H and O–H groups in total. The molecule has 0 bridgehead atoms. The number of hydrogen-bond donors (Lipinski definition) is 1. The van der Waals surface area contributed by atoms with Crippen LogP contribution >= 0.6 is 0 Å². The highest BCUT2D eigenvalue weighted by Gasteiger charge is 2.43. The normalized spacial score (nSPS) is 40.3. The van der Waals surface area contributed by atoms with Gasteiger partial charge >= 0.3 is 0 Å². The zero-order valence-electron chi connectivity index (χ0n) is 13.8. The smallest absolute Gasteiger partial charge is 0.0129 e. The second-order valence-corrected chi connectivity index (χ2v) is 8.10. The van der Waals surface area contributed by atoms with Crippen LogP contribution < -0.4 is 5.32 Å². The molecular formula is C18H35N. The van der Waals surface area contributed by atoms with Gasteiger partial charge in [0.25, 0.3) is 0 Å². The standard InChI is InChI=1S/C18H35N/c1-6-19-17(16-8-7-11-18(16,4)5)15-10-9-13(2)14(3)12-15/h13-17,19H,6-12H2,1-5H3. The predicted octanol–water partition coefficient (Wildman–Crippen LogP) is 4.86. The lowest BCUT2D eigenvalue weighted by atomic mass is 9.66. The molecule has 19 heavy (non-hydrogen) atoms. The van der Waals surface area contributed by atoms with Gasteiger partial charge in [-0.15, -0.1) is 0 Å². The van der Waals surface area contributed by atoms with E-state index >= 15 is 0 Å². The molecule has 0 heterocycles. The van der Waals surface area contributed by atoms with Crippen LogP contribution in [0.15, 0.2) is 0 Å². The average Bonchev–Trinajstić information content (AvgIpc) is 2.70. The molecule has 0 spiro atoms. The van der Waals surface area contributed by atoms with Gasteiger partial charge in [-0.2, -0.15) is 0 Å². The van der Waals surface area contributed by atoms with Gasteiger partial charge in [-0.25, -0.2) is 0 Å². The summed E-state index contributed by atoms with van der Waals surface area (Å²) in [6.07, 6.45) is 8.67. The molecule has 2 saturated carbocycles. The molecule has 2 aliphatic rings. The lowest BCUT2D eigenvalue weighted by Crippen LogP contribution is -2.47. The van der Waals surface area contributed by atoms with Gasteiger partial charge < -0.3 is 5.32 Å². The van der Waals surface area contributed by atoms with Crippen LogP contribution in [0.5, 0.6) is 0 Å². The highest BCUT2D eigenvalue weighted by Crippen LogP contribution is 2.48. The van der Waals surface area contributed by atoms with E-state index in [4.69, 9.17) is 0 Å². The molecule has 5 atom stereocenters. The maximum Gasteiger partial charge on any atom is 0.0129 e. The Morgan fingerprint density at radius 3 is 2.37 bits per heavy atom. The van der Waals surface area contributed by atoms with E-state index in [2.05, 4.69) is 39.9 Å². The summed E-state index contributed by atoms with van der Waals surface area (Å²) >= 11 is 0. The van der Waals surface area contributed by atoms with Crippen molar-refractivity contribution < 1.29 is 0 Å². The largest absolute Gasteiger partial charge is 0.314 e. The molecular weight excluding hydrogens is 230 g/mol. The van der Waals surface area contributed by atoms with E-state index in [1.54, 1.807) is 0 Å². The van der Waals surface area contributed by atoms with Gasteiger partial charge in [-0.05, 0) is 61.3 Å². The topological polar surface area (TPSA) is 12.0 Å². The van der Waals surface area contributed by atoms with Crippen molar-refractivity contribution in [3.8, 4) is 0 Å². The van der Waals surface area contributed by atoms with Gasteiger partial charge in [0, 0.05) is 6.04 Å². The fraction of sp³-hybridized carbons (Fsp3) is 1.00. The van der Waals surface area contributed by atoms with E-state index in [1.807, 2.05) is 0 Å². The molecule has 112 valence electrons. The zero-order chi connectivity index (χ0) is 14.0. The summed E-state index contributed by atoms with van der Waals surface area (Å²) in [7, 11) is 0. The van der Waals surface area contributed by atoms with Crippen LogP contribution in [-0.4, -0.2) is 12.6 Å². The highest BCUT2D eigenvalue weighted by molar-refractivity contribution is 4.96. The van der Waals surface area contributed by atoms with Crippen LogP contribution in [-0.2, 0) is 0 Å².